The minimum absolute atomic E-state index is 0.127. The van der Waals surface area contributed by atoms with E-state index in [1.54, 1.807) is 0 Å². The van der Waals surface area contributed by atoms with Gasteiger partial charge in [-0.2, -0.15) is 0 Å². The highest BCUT2D eigenvalue weighted by Crippen LogP contribution is 2.56. The molecule has 0 radical (unpaired) electrons. The molecule has 2 aliphatic heterocycles. The van der Waals surface area contributed by atoms with Gasteiger partial charge in [-0.3, -0.25) is 44.3 Å². The largest absolute Gasteiger partial charge is 0.380 e. The summed E-state index contributed by atoms with van der Waals surface area (Å²) in [5, 5.41) is 0. The van der Waals surface area contributed by atoms with Crippen LogP contribution in [0.4, 0.5) is 0 Å². The molecule has 0 saturated heterocycles. The molecule has 2 aliphatic rings. The van der Waals surface area contributed by atoms with E-state index in [4.69, 9.17) is 44.3 Å². The fourth-order valence-corrected chi connectivity index (χ4v) is 74.5. The van der Waals surface area contributed by atoms with Gasteiger partial charge in [0.25, 0.3) is 0 Å². The topological polar surface area (TPSA) is 7.76 Å². The fraction of sp³-hybridized carbons (Fsp3) is 0.615. The number of nitrogens with zero attached hydrogens (tertiary/aromatic N) is 2. The number of hydrogen-bond donors (Lipinski definition) is 0. The van der Waals surface area contributed by atoms with E-state index in [9.17, 15) is 0 Å². The molecule has 4 heterocycles. The zero-order chi connectivity index (χ0) is 29.7. The number of aromatic nitrogens is 2. The molecule has 0 aromatic carbocycles. The first-order valence-electron chi connectivity index (χ1n) is 13.6. The van der Waals surface area contributed by atoms with Crippen LogP contribution in [0.1, 0.15) is 22.8 Å². The second kappa shape index (κ2) is 9.64. The van der Waals surface area contributed by atoms with Gasteiger partial charge in [-0.25, -0.2) is 0 Å². The smallest absolute Gasteiger partial charge is 0.368 e. The second-order valence-electron chi connectivity index (χ2n) is 15.4. The predicted octanol–water partition coefficient (Wildman–Crippen LogP) is 8.19. The van der Waals surface area contributed by atoms with Crippen molar-refractivity contribution in [2.45, 2.75) is 101 Å². The molecule has 4 rings (SSSR count). The van der Waals surface area contributed by atoms with E-state index >= 15 is 0 Å². The Balaban J connectivity index is 0.000000211. The van der Waals surface area contributed by atoms with Crippen LogP contribution in [0.15, 0.2) is 36.4 Å². The minimum atomic E-state index is -2.48. The molecule has 0 amide bonds. The van der Waals surface area contributed by atoms with Crippen molar-refractivity contribution in [2.75, 3.05) is 0 Å². The molecule has 0 N–H and O–H groups in total. The van der Waals surface area contributed by atoms with Gasteiger partial charge in [-0.05, 0) is 12.1 Å². The molecule has 0 fully saturated rings. The Kier molecular flexibility index (Phi) is 8.44. The molecule has 0 unspecified atom stereocenters. The number of aryl methyl sites for hydroxylation is 2. The van der Waals surface area contributed by atoms with E-state index in [0.29, 0.717) is 0 Å². The molecule has 0 atom stereocenters. The van der Waals surface area contributed by atoms with Crippen LogP contribution in [0.5, 0.6) is 0 Å². The van der Waals surface area contributed by atoms with E-state index in [-0.39, 0.29) is 8.57 Å². The summed E-state index contributed by atoms with van der Waals surface area (Å²) in [5.74, 6) is 0. The highest BCUT2D eigenvalue weighted by molar-refractivity contribution is 7.50. The van der Waals surface area contributed by atoms with Crippen LogP contribution < -0.4 is 8.47 Å². The highest BCUT2D eigenvalue weighted by atomic mass is 35.7. The quantitative estimate of drug-likeness (QED) is 0.225. The maximum Gasteiger partial charge on any atom is 0.368 e. The van der Waals surface area contributed by atoms with Gasteiger partial charge >= 0.3 is 13.7 Å². The minimum Gasteiger partial charge on any atom is -0.380 e. The van der Waals surface area contributed by atoms with Crippen LogP contribution in [0.25, 0.3) is 0 Å². The standard InChI is InChI=1S/2C13H24Cl2NSi3/c2*1-11-9-8-10-12-13(17(2,3)4,18(5,6)7)19(14,15)16(11)12/h2*8-10H,1-7H3. The summed E-state index contributed by atoms with van der Waals surface area (Å²) in [4.78, 5) is 0. The van der Waals surface area contributed by atoms with Gasteiger partial charge in [0.1, 0.15) is 22.8 Å². The Morgan fingerprint density at radius 3 is 0.947 bits per heavy atom. The first-order chi connectivity index (χ1) is 16.8. The summed E-state index contributed by atoms with van der Waals surface area (Å²) >= 11 is 28.3. The summed E-state index contributed by atoms with van der Waals surface area (Å²) in [7, 11) is -6.12. The number of halogens is 4. The van der Waals surface area contributed by atoms with Crippen molar-refractivity contribution in [3.8, 4) is 0 Å². The SMILES string of the molecule is Cc1cccc2[n+]1[Si-](Cl)(Cl)C2([Si](C)(C)C)[Si](C)(C)C.Cc1cccc2[n+]1[Si-](Cl)(Cl)C2([Si](C)(C)C)[Si](C)(C)C. The first kappa shape index (κ1) is 33.3. The summed E-state index contributed by atoms with van der Waals surface area (Å²) in [6.45, 7) is 28.5. The lowest BCUT2D eigenvalue weighted by Gasteiger charge is -2.65. The number of fused-ring (bicyclic) bond motifs is 2. The van der Waals surface area contributed by atoms with E-state index < -0.39 is 46.0 Å². The maximum absolute atomic E-state index is 7.07. The Morgan fingerprint density at radius 1 is 0.500 bits per heavy atom. The Bertz CT molecular complexity index is 1130. The van der Waals surface area contributed by atoms with Gasteiger partial charge in [0, 0.05) is 66.8 Å². The van der Waals surface area contributed by atoms with Crippen LogP contribution >= 0.6 is 44.3 Å². The zero-order valence-electron chi connectivity index (χ0n) is 25.9. The Morgan fingerprint density at radius 2 is 0.737 bits per heavy atom. The first-order valence-corrected chi connectivity index (χ1v) is 35.5. The third-order valence-electron chi connectivity index (χ3n) is 9.10. The van der Waals surface area contributed by atoms with Crippen LogP contribution in [-0.4, -0.2) is 46.0 Å². The van der Waals surface area contributed by atoms with E-state index in [0.717, 1.165) is 0 Å². The molecule has 214 valence electrons. The molecule has 2 nitrogen and oxygen atoms in total. The summed E-state index contributed by atoms with van der Waals surface area (Å²) < 4.78 is 4.80. The van der Waals surface area contributed by atoms with Crippen molar-refractivity contribution < 1.29 is 8.47 Å². The molecule has 0 saturated carbocycles. The third kappa shape index (κ3) is 4.12. The van der Waals surface area contributed by atoms with Crippen LogP contribution in [0.2, 0.25) is 78.6 Å². The van der Waals surface area contributed by atoms with E-state index in [2.05, 4.69) is 137 Å². The van der Waals surface area contributed by atoms with E-state index in [1.807, 2.05) is 0 Å². The average molecular weight is 699 g/mol. The summed E-state index contributed by atoms with van der Waals surface area (Å²) in [6, 6.07) is 13.1. The number of rotatable bonds is 4. The lowest BCUT2D eigenvalue weighted by Crippen LogP contribution is -2.94. The van der Waals surface area contributed by atoms with Gasteiger partial charge in [0.15, 0.2) is 0 Å². The van der Waals surface area contributed by atoms with Crippen molar-refractivity contribution in [3.05, 3.63) is 59.2 Å². The van der Waals surface area contributed by atoms with Crippen molar-refractivity contribution in [1.29, 1.82) is 0 Å². The molecule has 0 aliphatic carbocycles. The van der Waals surface area contributed by atoms with Gasteiger partial charge in [-0.15, -0.1) is 0 Å². The molecule has 2 aromatic rings. The monoisotopic (exact) mass is 696 g/mol. The molecular formula is C26H48Cl4N2Si6. The molecule has 12 heteroatoms. The highest BCUT2D eigenvalue weighted by Gasteiger charge is 2.76. The molecular weight excluding hydrogens is 651 g/mol. The van der Waals surface area contributed by atoms with Crippen molar-refractivity contribution in [2.24, 2.45) is 0 Å². The third-order valence-corrected chi connectivity index (χ3v) is 55.3. The predicted molar refractivity (Wildman–Crippen MR) is 185 cm³/mol. The molecule has 2 aromatic heterocycles. The summed E-state index contributed by atoms with van der Waals surface area (Å²) in [6.07, 6.45) is 0. The van der Waals surface area contributed by atoms with Crippen LogP contribution in [0.3, 0.4) is 0 Å². The normalized spacial score (nSPS) is 20.7. The maximum atomic E-state index is 7.07. The van der Waals surface area contributed by atoms with E-state index in [1.165, 1.54) is 22.8 Å². The second-order valence-corrected chi connectivity index (χ2v) is 51.6. The van der Waals surface area contributed by atoms with Crippen molar-refractivity contribution >= 4 is 90.3 Å². The van der Waals surface area contributed by atoms with Gasteiger partial charge in [-0.1, -0.05) is 90.7 Å². The van der Waals surface area contributed by atoms with Crippen LogP contribution in [-0.2, 0) is 8.57 Å². The van der Waals surface area contributed by atoms with Gasteiger partial charge in [0.05, 0.1) is 0 Å². The number of pyridine rings is 2. The van der Waals surface area contributed by atoms with Gasteiger partial charge < -0.3 is 8.47 Å². The fourth-order valence-electron chi connectivity index (χ4n) is 8.70. The van der Waals surface area contributed by atoms with Gasteiger partial charge in [0.2, 0.25) is 0 Å². The molecule has 38 heavy (non-hydrogen) atoms. The lowest BCUT2D eigenvalue weighted by molar-refractivity contribution is -0.582. The zero-order valence-corrected chi connectivity index (χ0v) is 34.9. The van der Waals surface area contributed by atoms with Crippen LogP contribution in [0, 0.1) is 13.8 Å². The molecule has 0 bridgehead atoms. The lowest BCUT2D eigenvalue weighted by atomic mass is 10.3. The Hall–Kier alpha value is 0.761. The summed E-state index contributed by atoms with van der Waals surface area (Å²) in [5.41, 5.74) is 5.26. The molecule has 0 spiro atoms. The Labute approximate surface area is 257 Å². The van der Waals surface area contributed by atoms with Crippen molar-refractivity contribution in [3.63, 3.8) is 0 Å². The van der Waals surface area contributed by atoms with Crippen molar-refractivity contribution in [1.82, 2.24) is 0 Å². The number of hydrogen-bond acceptors (Lipinski definition) is 0. The average Bonchev–Trinajstić information content (AvgIpc) is 2.62.